The molecular weight excluding hydrogens is 1850 g/mol. The van der Waals surface area contributed by atoms with E-state index in [0.29, 0.717) is 52.7 Å². The van der Waals surface area contributed by atoms with Crippen LogP contribution < -0.4 is 14.7 Å². The van der Waals surface area contributed by atoms with Gasteiger partial charge in [0.1, 0.15) is 11.2 Å². The van der Waals surface area contributed by atoms with Gasteiger partial charge in [-0.25, -0.2) is 49.7 Å². The molecule has 31 rings (SSSR count). The number of aromatic nitrogens is 15. The summed E-state index contributed by atoms with van der Waals surface area (Å²) in [5.74, 6) is 7.46. The van der Waals surface area contributed by atoms with Crippen LogP contribution >= 0.6 is 22.7 Å². The van der Waals surface area contributed by atoms with Crippen LogP contribution in [0.3, 0.4) is 0 Å². The Labute approximate surface area is 848 Å². The van der Waals surface area contributed by atoms with Crippen molar-refractivity contribution in [3.8, 4) is 130 Å². The lowest BCUT2D eigenvalue weighted by Gasteiger charge is -2.24. The molecule has 0 N–H and O–H groups in total. The highest BCUT2D eigenvalue weighted by molar-refractivity contribution is 7.26. The molecule has 0 unspecified atom stereocenters. The van der Waals surface area contributed by atoms with E-state index < -0.39 is 0 Å². The van der Waals surface area contributed by atoms with Crippen LogP contribution in [0.4, 0.5) is 52.5 Å². The molecule has 3 aliphatic heterocycles. The first kappa shape index (κ1) is 84.2. The minimum absolute atomic E-state index is 0.501. The number of fused-ring (bicyclic) bond motifs is 30. The number of rotatable bonds is 10. The Hall–Kier alpha value is -19.7. The second kappa shape index (κ2) is 34.6. The third-order valence-corrected chi connectivity index (χ3v) is 29.9. The molecule has 19 nitrogen and oxygen atoms in total. The lowest BCUT2D eigenvalue weighted by Crippen LogP contribution is -2.18. The monoisotopic (exact) mass is 1920 g/mol. The third kappa shape index (κ3) is 14.2. The summed E-state index contributed by atoms with van der Waals surface area (Å²) in [4.78, 5) is 68.3. The number of hydrogen-bond donors (Lipinski definition) is 0. The molecule has 0 saturated carbocycles. The predicted molar refractivity (Wildman–Crippen MR) is 596 cm³/mol. The van der Waals surface area contributed by atoms with Gasteiger partial charge in [0.2, 0.25) is 29.7 Å². The number of furan rings is 1. The molecule has 21 heteroatoms. The van der Waals surface area contributed by atoms with Gasteiger partial charge >= 0.3 is 0 Å². The van der Waals surface area contributed by atoms with Crippen LogP contribution in [0.1, 0.15) is 0 Å². The molecule has 0 fully saturated rings. The van der Waals surface area contributed by atoms with Crippen molar-refractivity contribution < 1.29 is 4.42 Å². The number of thiophene rings is 2. The van der Waals surface area contributed by atoms with Crippen LogP contribution in [-0.4, -0.2) is 73.5 Å². The van der Waals surface area contributed by atoms with Gasteiger partial charge in [0, 0.05) is 129 Å². The molecule has 0 bridgehead atoms. The average Bonchev–Trinajstić information content (AvgIpc) is 1.58. The van der Waals surface area contributed by atoms with Crippen molar-refractivity contribution in [2.24, 2.45) is 0 Å². The standard InChI is InChI=1S/C46H28N6O.2C40H24N6S/c1-2-13-29(14-3-1)43-48-44(50-45(49-43)35-18-12-24-41-42(35)34-17-6-11-23-40(34)53-41)30-25-27-31(28-26-30)51-37-20-8-4-15-32(37)33-16-5-9-21-38(33)52-39-22-10-7-19-36(39)47-46(51)52;1-2-12-25(13-3-1)37-42-38(26-22-23-36-30(24-26)29-16-6-11-21-35(29)47-36)44-39(43-37)46-33-19-9-5-15-28(33)27-14-4-8-18-32(27)45-34-20-10-7-17-31(34)41-40(45)46;1-2-12-25(13-3-1)37-42-38(26-22-23-30-29-16-6-11-21-35(29)47-36(30)24-26)44-39(43-37)46-33-19-9-5-15-28(33)27-14-4-8-18-32(27)45-34-20-10-7-17-31(34)41-40(45)46/h1-28H;2*1-24H. The fourth-order valence-electron chi connectivity index (χ4n) is 21.0. The molecule has 0 amide bonds. The lowest BCUT2D eigenvalue weighted by molar-refractivity contribution is 0.669. The predicted octanol–water partition coefficient (Wildman–Crippen LogP) is 32.3. The SMILES string of the molecule is c1ccc(-c2nc(-c3ccc(N4c5ccccc5-c5ccccc5-n5c4nc4ccccc45)cc3)nc(-c3cccc4oc5ccccc5c34)n2)cc1.c1ccc(-c2nc(-c3ccc4c(c3)sc3ccccc34)nc(N3c4ccccc4-c4ccccc4-n4c3nc3ccccc34)n2)cc1.c1ccc(-c2nc(-c3ccc4sc5ccccc5c4c3)nc(N3c4ccccc4-c4ccccc4-n4c3nc3ccccc34)n2)cc1. The number of para-hydroxylation sites is 13. The maximum absolute atomic E-state index is 6.23. The van der Waals surface area contributed by atoms with E-state index >= 15 is 0 Å². The fourth-order valence-corrected chi connectivity index (χ4v) is 23.2. The first-order valence-electron chi connectivity index (χ1n) is 48.6. The molecule has 147 heavy (non-hydrogen) atoms. The quantitative estimate of drug-likeness (QED) is 0.125. The van der Waals surface area contributed by atoms with E-state index in [1.54, 1.807) is 22.7 Å². The van der Waals surface area contributed by atoms with Crippen molar-refractivity contribution in [2.45, 2.75) is 0 Å². The van der Waals surface area contributed by atoms with Gasteiger partial charge in [-0.3, -0.25) is 18.6 Å². The molecule has 0 spiro atoms. The average molecular weight is 1920 g/mol. The molecule has 28 aromatic rings. The van der Waals surface area contributed by atoms with Gasteiger partial charge in [-0.15, -0.1) is 22.7 Å². The zero-order valence-corrected chi connectivity index (χ0v) is 79.8. The Morgan fingerprint density at radius 3 is 0.980 bits per heavy atom. The van der Waals surface area contributed by atoms with Gasteiger partial charge in [-0.1, -0.05) is 315 Å². The highest BCUT2D eigenvalue weighted by Gasteiger charge is 2.36. The van der Waals surface area contributed by atoms with Crippen LogP contribution in [-0.2, 0) is 0 Å². The van der Waals surface area contributed by atoms with E-state index in [0.717, 1.165) is 185 Å². The molecule has 9 aromatic heterocycles. The number of nitrogens with zero attached hydrogens (tertiary/aromatic N) is 18. The van der Waals surface area contributed by atoms with Crippen LogP contribution in [0, 0.1) is 0 Å². The van der Waals surface area contributed by atoms with Crippen molar-refractivity contribution in [1.29, 1.82) is 0 Å². The Bertz CT molecular complexity index is 10200. The topological polar surface area (TPSA) is 192 Å². The Morgan fingerprint density at radius 1 is 0.184 bits per heavy atom. The summed E-state index contributed by atoms with van der Waals surface area (Å²) in [6, 6.07) is 159. The Balaban J connectivity index is 0.000000104. The normalized spacial score (nSPS) is 12.2. The van der Waals surface area contributed by atoms with Crippen molar-refractivity contribution >= 4 is 171 Å². The minimum Gasteiger partial charge on any atom is -0.456 e. The zero-order valence-electron chi connectivity index (χ0n) is 78.2. The highest BCUT2D eigenvalue weighted by atomic mass is 32.1. The van der Waals surface area contributed by atoms with Gasteiger partial charge in [0.15, 0.2) is 40.8 Å². The molecule has 688 valence electrons. The molecule has 0 aliphatic carbocycles. The maximum Gasteiger partial charge on any atom is 0.241 e. The first-order valence-corrected chi connectivity index (χ1v) is 50.2. The van der Waals surface area contributed by atoms with Crippen molar-refractivity contribution in [3.05, 3.63) is 461 Å². The molecule has 3 aliphatic rings. The van der Waals surface area contributed by atoms with E-state index in [-0.39, 0.29) is 0 Å². The van der Waals surface area contributed by atoms with Gasteiger partial charge in [-0.05, 0) is 146 Å². The van der Waals surface area contributed by atoms with Crippen molar-refractivity contribution in [2.75, 3.05) is 14.7 Å². The fraction of sp³-hybridized carbons (Fsp3) is 0. The summed E-state index contributed by atoms with van der Waals surface area (Å²) in [5, 5.41) is 6.94. The minimum atomic E-state index is 0.501. The second-order valence-electron chi connectivity index (χ2n) is 36.2. The van der Waals surface area contributed by atoms with Crippen LogP contribution in [0.2, 0.25) is 0 Å². The Morgan fingerprint density at radius 2 is 0.497 bits per heavy atom. The van der Waals surface area contributed by atoms with E-state index in [1.807, 2.05) is 140 Å². The van der Waals surface area contributed by atoms with E-state index in [1.165, 1.54) is 40.3 Å². The van der Waals surface area contributed by atoms with Crippen molar-refractivity contribution in [1.82, 2.24) is 73.5 Å². The lowest BCUT2D eigenvalue weighted by atomic mass is 10.0. The molecule has 0 radical (unpaired) electrons. The van der Waals surface area contributed by atoms with Crippen LogP contribution in [0.15, 0.2) is 465 Å². The smallest absolute Gasteiger partial charge is 0.241 e. The highest BCUT2D eigenvalue weighted by Crippen LogP contribution is 2.53. The van der Waals surface area contributed by atoms with E-state index in [2.05, 4.69) is 350 Å². The summed E-state index contributed by atoms with van der Waals surface area (Å²) < 4.78 is 17.9. The summed E-state index contributed by atoms with van der Waals surface area (Å²) in [6.45, 7) is 0. The summed E-state index contributed by atoms with van der Waals surface area (Å²) in [7, 11) is 0. The number of hydrogen-bond acceptors (Lipinski definition) is 18. The Kier molecular flexibility index (Phi) is 19.8. The van der Waals surface area contributed by atoms with E-state index in [9.17, 15) is 0 Å². The molecular formula is C126H76N18OS2. The van der Waals surface area contributed by atoms with Gasteiger partial charge < -0.3 is 4.42 Å². The van der Waals surface area contributed by atoms with Gasteiger partial charge in [-0.2, -0.15) is 19.9 Å². The van der Waals surface area contributed by atoms with Crippen LogP contribution in [0.5, 0.6) is 0 Å². The molecule has 0 atom stereocenters. The van der Waals surface area contributed by atoms with Gasteiger partial charge in [0.05, 0.1) is 67.2 Å². The van der Waals surface area contributed by atoms with E-state index in [4.69, 9.17) is 64.2 Å². The second-order valence-corrected chi connectivity index (χ2v) is 38.4. The summed E-state index contributed by atoms with van der Waals surface area (Å²) >= 11 is 3.59. The summed E-state index contributed by atoms with van der Waals surface area (Å²) in [5.41, 5.74) is 27.6. The summed E-state index contributed by atoms with van der Waals surface area (Å²) in [6.07, 6.45) is 0. The molecule has 19 aromatic carbocycles. The van der Waals surface area contributed by atoms with Gasteiger partial charge in [0.25, 0.3) is 0 Å². The largest absolute Gasteiger partial charge is 0.456 e. The molecule has 12 heterocycles. The first-order chi connectivity index (χ1) is 72.9. The third-order valence-electron chi connectivity index (χ3n) is 27.6. The number of benzene rings is 19. The zero-order chi connectivity index (χ0) is 96.7. The number of imidazole rings is 3. The van der Waals surface area contributed by atoms with Crippen molar-refractivity contribution in [3.63, 3.8) is 0 Å². The maximum atomic E-state index is 6.23. The molecule has 0 saturated heterocycles. The number of anilines is 9. The van der Waals surface area contributed by atoms with Crippen LogP contribution in [0.25, 0.3) is 226 Å².